The van der Waals surface area contributed by atoms with Gasteiger partial charge in [0.2, 0.25) is 0 Å². The third kappa shape index (κ3) is 4.16. The van der Waals surface area contributed by atoms with Gasteiger partial charge in [0.1, 0.15) is 5.75 Å². The third-order valence-corrected chi connectivity index (χ3v) is 6.06. The number of fused-ring (bicyclic) bond motifs is 1. The van der Waals surface area contributed by atoms with E-state index in [2.05, 4.69) is 22.6 Å². The first-order valence-corrected chi connectivity index (χ1v) is 10.6. The Balaban J connectivity index is 1.63. The zero-order valence-corrected chi connectivity index (χ0v) is 18.5. The van der Waals surface area contributed by atoms with Gasteiger partial charge in [0, 0.05) is 22.9 Å². The molecule has 3 aromatic carbocycles. The monoisotopic (exact) mass is 510 g/mol. The number of carbonyl (C=O) groups is 1. The lowest BCUT2D eigenvalue weighted by molar-refractivity contribution is 0.0921. The Morgan fingerprint density at radius 3 is 2.33 bits per heavy atom. The minimum atomic E-state index is -0.348. The zero-order valence-electron chi connectivity index (χ0n) is 16.4. The Hall–Kier alpha value is -2.93. The van der Waals surface area contributed by atoms with Gasteiger partial charge in [0.25, 0.3) is 0 Å². The molecule has 0 amide bonds. The van der Waals surface area contributed by atoms with Gasteiger partial charge in [-0.25, -0.2) is 4.79 Å². The van der Waals surface area contributed by atoms with Crippen LogP contribution in [0.5, 0.6) is 5.75 Å². The van der Waals surface area contributed by atoms with Crippen molar-refractivity contribution in [3.63, 3.8) is 0 Å². The van der Waals surface area contributed by atoms with Gasteiger partial charge in [-0.3, -0.25) is 4.79 Å². The molecule has 5 heteroatoms. The molecule has 0 saturated carbocycles. The number of hydrogen-bond donors (Lipinski definition) is 0. The predicted octanol–water partition coefficient (Wildman–Crippen LogP) is 5.56. The number of carbonyl (C=O) groups excluding carboxylic acids is 1. The molecule has 30 heavy (non-hydrogen) atoms. The fourth-order valence-corrected chi connectivity index (χ4v) is 4.11. The van der Waals surface area contributed by atoms with Crippen molar-refractivity contribution in [1.82, 2.24) is 0 Å². The highest BCUT2D eigenvalue weighted by atomic mass is 127. The Bertz CT molecular complexity index is 1260. The molecule has 4 rings (SSSR count). The molecule has 0 spiro atoms. The molecule has 1 heterocycles. The van der Waals surface area contributed by atoms with Crippen molar-refractivity contribution in [2.75, 3.05) is 6.61 Å². The molecule has 0 aliphatic rings. The molecule has 0 radical (unpaired) electrons. The summed E-state index contributed by atoms with van der Waals surface area (Å²) in [5, 5.41) is 0.867. The van der Waals surface area contributed by atoms with Crippen LogP contribution >= 0.6 is 22.6 Å². The van der Waals surface area contributed by atoms with Crippen molar-refractivity contribution in [2.24, 2.45) is 0 Å². The summed E-state index contributed by atoms with van der Waals surface area (Å²) >= 11 is 2.10. The second-order valence-electron chi connectivity index (χ2n) is 6.99. The summed E-state index contributed by atoms with van der Waals surface area (Å²) in [5.74, 6) is 0.410. The second kappa shape index (κ2) is 8.83. The van der Waals surface area contributed by atoms with Crippen molar-refractivity contribution in [1.29, 1.82) is 0 Å². The average molecular weight is 510 g/mol. The van der Waals surface area contributed by atoms with Gasteiger partial charge < -0.3 is 9.15 Å². The summed E-state index contributed by atoms with van der Waals surface area (Å²) in [6.45, 7) is 1.86. The fourth-order valence-electron chi connectivity index (χ4n) is 3.37. The Labute approximate surface area is 187 Å². The Morgan fingerprint density at radius 2 is 1.63 bits per heavy atom. The number of ketones is 1. The molecule has 0 aliphatic heterocycles. The lowest BCUT2D eigenvalue weighted by Crippen LogP contribution is -2.13. The highest BCUT2D eigenvalue weighted by Crippen LogP contribution is 2.31. The van der Waals surface area contributed by atoms with E-state index in [1.165, 1.54) is 0 Å². The van der Waals surface area contributed by atoms with Gasteiger partial charge >= 0.3 is 5.63 Å². The minimum absolute atomic E-state index is 0.0825. The number of Topliss-reactive ketones (excluding diaryl/α,β-unsaturated/α-hetero) is 1. The van der Waals surface area contributed by atoms with Crippen LogP contribution in [0.25, 0.3) is 11.0 Å². The van der Waals surface area contributed by atoms with Crippen LogP contribution in [0.1, 0.15) is 27.0 Å². The number of halogens is 1. The smallest absolute Gasteiger partial charge is 0.340 e. The molecular weight excluding hydrogens is 491 g/mol. The number of hydrogen-bond acceptors (Lipinski definition) is 4. The molecule has 0 saturated heterocycles. The first-order chi connectivity index (χ1) is 14.5. The third-order valence-electron chi connectivity index (χ3n) is 5.04. The molecule has 4 nitrogen and oxygen atoms in total. The van der Waals surface area contributed by atoms with E-state index in [1.54, 1.807) is 12.1 Å². The lowest BCUT2D eigenvalue weighted by atomic mass is 10.00. The normalized spacial score (nSPS) is 10.9. The van der Waals surface area contributed by atoms with Gasteiger partial charge in [-0.15, -0.1) is 0 Å². The fraction of sp³-hybridized carbons (Fsp3) is 0.120. The van der Waals surface area contributed by atoms with Crippen LogP contribution in [0, 0.1) is 10.5 Å². The van der Waals surface area contributed by atoms with Crippen molar-refractivity contribution in [3.8, 4) is 5.75 Å². The van der Waals surface area contributed by atoms with Crippen molar-refractivity contribution in [2.45, 2.75) is 13.3 Å². The standard InChI is InChI=1S/C25H19IO4/c1-16-19-12-13-22(29-15-21(27)18-10-6-3-7-11-18)23(26)24(19)30-25(28)20(16)14-17-8-4-2-5-9-17/h2-13H,14-15H2,1H3. The van der Waals surface area contributed by atoms with Gasteiger partial charge in [-0.1, -0.05) is 60.7 Å². The number of benzene rings is 3. The molecule has 0 bridgehead atoms. The Kier molecular flexibility index (Phi) is 5.99. The number of aryl methyl sites for hydroxylation is 1. The Morgan fingerprint density at radius 1 is 0.967 bits per heavy atom. The number of ether oxygens (including phenoxy) is 1. The van der Waals surface area contributed by atoms with Gasteiger partial charge in [-0.2, -0.15) is 0 Å². The maximum atomic E-state index is 12.7. The lowest BCUT2D eigenvalue weighted by Gasteiger charge is -2.12. The highest BCUT2D eigenvalue weighted by molar-refractivity contribution is 14.1. The highest BCUT2D eigenvalue weighted by Gasteiger charge is 2.17. The van der Waals surface area contributed by atoms with Crippen LogP contribution in [-0.4, -0.2) is 12.4 Å². The van der Waals surface area contributed by atoms with Crippen LogP contribution < -0.4 is 10.4 Å². The summed E-state index contributed by atoms with van der Waals surface area (Å²) in [7, 11) is 0. The topological polar surface area (TPSA) is 56.5 Å². The largest absolute Gasteiger partial charge is 0.484 e. The maximum Gasteiger partial charge on any atom is 0.340 e. The van der Waals surface area contributed by atoms with Gasteiger partial charge in [-0.05, 0) is 52.8 Å². The first-order valence-electron chi connectivity index (χ1n) is 9.54. The van der Waals surface area contributed by atoms with E-state index in [1.807, 2.05) is 67.6 Å². The van der Waals surface area contributed by atoms with Crippen molar-refractivity contribution < 1.29 is 13.9 Å². The zero-order chi connectivity index (χ0) is 21.1. The molecule has 0 aliphatic carbocycles. The summed E-state index contributed by atoms with van der Waals surface area (Å²) in [6, 6.07) is 22.6. The van der Waals surface area contributed by atoms with E-state index in [4.69, 9.17) is 9.15 Å². The van der Waals surface area contributed by atoms with Crippen molar-refractivity contribution in [3.05, 3.63) is 109 Å². The summed E-state index contributed by atoms with van der Waals surface area (Å²) < 4.78 is 12.1. The quantitative estimate of drug-likeness (QED) is 0.194. The van der Waals surface area contributed by atoms with E-state index < -0.39 is 0 Å². The summed E-state index contributed by atoms with van der Waals surface area (Å²) in [4.78, 5) is 25.0. The van der Waals surface area contributed by atoms with Gasteiger partial charge in [0.05, 0.1) is 3.57 Å². The van der Waals surface area contributed by atoms with Crippen LogP contribution in [0.4, 0.5) is 0 Å². The number of rotatable bonds is 6. The van der Waals surface area contributed by atoms with Crippen LogP contribution in [0.3, 0.4) is 0 Å². The van der Waals surface area contributed by atoms with Crippen molar-refractivity contribution >= 4 is 39.3 Å². The molecule has 0 fully saturated rings. The molecular formula is C25H19IO4. The second-order valence-corrected chi connectivity index (χ2v) is 8.07. The molecule has 0 N–H and O–H groups in total. The average Bonchev–Trinajstić information content (AvgIpc) is 2.78. The molecule has 4 aromatic rings. The molecule has 0 atom stereocenters. The molecule has 150 valence electrons. The molecule has 0 unspecified atom stereocenters. The minimum Gasteiger partial charge on any atom is -0.484 e. The van der Waals surface area contributed by atoms with E-state index in [9.17, 15) is 9.59 Å². The van der Waals surface area contributed by atoms with E-state index in [0.717, 1.165) is 16.5 Å². The van der Waals surface area contributed by atoms with E-state index >= 15 is 0 Å². The van der Waals surface area contributed by atoms with Crippen LogP contribution in [0.2, 0.25) is 0 Å². The summed E-state index contributed by atoms with van der Waals surface area (Å²) in [5.41, 5.74) is 3.34. The van der Waals surface area contributed by atoms with E-state index in [0.29, 0.717) is 32.5 Å². The van der Waals surface area contributed by atoms with Crippen LogP contribution in [0.15, 0.2) is 82.0 Å². The maximum absolute atomic E-state index is 12.7. The SMILES string of the molecule is Cc1c(Cc2ccccc2)c(=O)oc2c(I)c(OCC(=O)c3ccccc3)ccc12. The predicted molar refractivity (Wildman–Crippen MR) is 125 cm³/mol. The first kappa shape index (κ1) is 20.3. The van der Waals surface area contributed by atoms with E-state index in [-0.39, 0.29) is 18.0 Å². The van der Waals surface area contributed by atoms with Gasteiger partial charge in [0.15, 0.2) is 18.0 Å². The molecule has 1 aromatic heterocycles. The van der Waals surface area contributed by atoms with Crippen LogP contribution in [-0.2, 0) is 6.42 Å². The summed E-state index contributed by atoms with van der Waals surface area (Å²) in [6.07, 6.45) is 0.519.